The fourth-order valence-electron chi connectivity index (χ4n) is 3.61. The van der Waals surface area contributed by atoms with E-state index in [9.17, 15) is 9.59 Å². The zero-order chi connectivity index (χ0) is 25.5. The standard InChI is InChI=1S/C27H25Cl2N5O2/c1-2-16-33(27(36)30-22-12-8-20(28)9-13-22)18-26(35)31-25-17-24(19-6-4-3-5-7-19)32-34(25)23-14-10-21(29)11-15-23/h3-15,17H,2,16,18H2,1H3,(H,30,36)(H,31,35). The number of aromatic nitrogens is 2. The molecule has 0 fully saturated rings. The average Bonchev–Trinajstić information content (AvgIpc) is 3.29. The van der Waals surface area contributed by atoms with E-state index in [1.807, 2.05) is 49.4 Å². The Morgan fingerprint density at radius 1 is 0.889 bits per heavy atom. The zero-order valence-corrected chi connectivity index (χ0v) is 21.1. The van der Waals surface area contributed by atoms with Crippen molar-refractivity contribution in [3.05, 3.63) is 95.0 Å². The van der Waals surface area contributed by atoms with Crippen molar-refractivity contribution < 1.29 is 9.59 Å². The predicted molar refractivity (Wildman–Crippen MR) is 145 cm³/mol. The maximum Gasteiger partial charge on any atom is 0.322 e. The van der Waals surface area contributed by atoms with Gasteiger partial charge in [-0.05, 0) is 55.0 Å². The van der Waals surface area contributed by atoms with Crippen LogP contribution in [0.1, 0.15) is 13.3 Å². The van der Waals surface area contributed by atoms with Crippen molar-refractivity contribution in [3.8, 4) is 16.9 Å². The molecule has 3 amide bonds. The number of nitrogens with zero attached hydrogens (tertiary/aromatic N) is 3. The van der Waals surface area contributed by atoms with Crippen LogP contribution < -0.4 is 10.6 Å². The Morgan fingerprint density at radius 2 is 1.53 bits per heavy atom. The summed E-state index contributed by atoms with van der Waals surface area (Å²) in [4.78, 5) is 27.4. The minimum atomic E-state index is -0.370. The molecule has 2 N–H and O–H groups in total. The molecule has 7 nitrogen and oxygen atoms in total. The first-order valence-electron chi connectivity index (χ1n) is 11.5. The summed E-state index contributed by atoms with van der Waals surface area (Å²) in [5, 5.41) is 11.6. The molecule has 0 aliphatic heterocycles. The van der Waals surface area contributed by atoms with Crippen LogP contribution in [-0.4, -0.2) is 39.7 Å². The minimum Gasteiger partial charge on any atom is -0.315 e. The fraction of sp³-hybridized carbons (Fsp3) is 0.148. The molecule has 0 aliphatic rings. The monoisotopic (exact) mass is 521 g/mol. The van der Waals surface area contributed by atoms with E-state index in [1.54, 1.807) is 47.1 Å². The van der Waals surface area contributed by atoms with Gasteiger partial charge in [0.25, 0.3) is 0 Å². The molecular formula is C27H25Cl2N5O2. The van der Waals surface area contributed by atoms with Gasteiger partial charge in [-0.15, -0.1) is 0 Å². The number of nitrogens with one attached hydrogen (secondary N) is 2. The topological polar surface area (TPSA) is 79.3 Å². The van der Waals surface area contributed by atoms with Crippen LogP contribution in [0.15, 0.2) is 84.9 Å². The first-order chi connectivity index (χ1) is 17.4. The van der Waals surface area contributed by atoms with Crippen molar-refractivity contribution in [3.63, 3.8) is 0 Å². The van der Waals surface area contributed by atoms with Gasteiger partial charge in [-0.1, -0.05) is 60.5 Å². The van der Waals surface area contributed by atoms with Gasteiger partial charge in [0.2, 0.25) is 5.91 Å². The van der Waals surface area contributed by atoms with Crippen molar-refractivity contribution in [2.24, 2.45) is 0 Å². The van der Waals surface area contributed by atoms with Crippen molar-refractivity contribution in [1.29, 1.82) is 0 Å². The number of hydrogen-bond acceptors (Lipinski definition) is 3. The van der Waals surface area contributed by atoms with E-state index in [4.69, 9.17) is 28.3 Å². The molecule has 184 valence electrons. The lowest BCUT2D eigenvalue weighted by molar-refractivity contribution is -0.116. The van der Waals surface area contributed by atoms with Gasteiger partial charge in [-0.25, -0.2) is 9.48 Å². The Balaban J connectivity index is 1.54. The SMILES string of the molecule is CCCN(CC(=O)Nc1cc(-c2ccccc2)nn1-c1ccc(Cl)cc1)C(=O)Nc1ccc(Cl)cc1. The number of benzene rings is 3. The molecule has 4 rings (SSSR count). The second-order valence-corrected chi connectivity index (χ2v) is 8.95. The lowest BCUT2D eigenvalue weighted by Crippen LogP contribution is -2.41. The molecule has 36 heavy (non-hydrogen) atoms. The van der Waals surface area contributed by atoms with Gasteiger partial charge in [0.1, 0.15) is 12.4 Å². The average molecular weight is 522 g/mol. The normalized spacial score (nSPS) is 10.6. The van der Waals surface area contributed by atoms with E-state index in [1.165, 1.54) is 4.90 Å². The molecule has 9 heteroatoms. The van der Waals surface area contributed by atoms with E-state index < -0.39 is 0 Å². The third-order valence-electron chi connectivity index (χ3n) is 5.33. The van der Waals surface area contributed by atoms with Gasteiger partial charge in [-0.2, -0.15) is 5.10 Å². The lowest BCUT2D eigenvalue weighted by atomic mass is 10.1. The number of amides is 3. The number of carbonyl (C=O) groups excluding carboxylic acids is 2. The van der Waals surface area contributed by atoms with E-state index in [0.717, 1.165) is 11.3 Å². The number of rotatable bonds is 8. The zero-order valence-electron chi connectivity index (χ0n) is 19.6. The van der Waals surface area contributed by atoms with Crippen molar-refractivity contribution in [1.82, 2.24) is 14.7 Å². The summed E-state index contributed by atoms with van der Waals surface area (Å²) in [6.45, 7) is 2.24. The number of halogens is 2. The highest BCUT2D eigenvalue weighted by atomic mass is 35.5. The van der Waals surface area contributed by atoms with E-state index >= 15 is 0 Å². The summed E-state index contributed by atoms with van der Waals surface area (Å²) in [5.41, 5.74) is 2.95. The molecule has 3 aromatic carbocycles. The van der Waals surface area contributed by atoms with Gasteiger partial charge in [0.05, 0.1) is 11.4 Å². The summed E-state index contributed by atoms with van der Waals surface area (Å²) in [7, 11) is 0. The maximum absolute atomic E-state index is 13.1. The van der Waals surface area contributed by atoms with Gasteiger partial charge in [-0.3, -0.25) is 4.79 Å². The summed E-state index contributed by atoms with van der Waals surface area (Å²) in [5.74, 6) is 0.139. The second-order valence-electron chi connectivity index (χ2n) is 8.08. The largest absolute Gasteiger partial charge is 0.322 e. The Kier molecular flexibility index (Phi) is 8.25. The van der Waals surface area contributed by atoms with Crippen LogP contribution in [0.4, 0.5) is 16.3 Å². The van der Waals surface area contributed by atoms with Crippen LogP contribution in [0, 0.1) is 0 Å². The van der Waals surface area contributed by atoms with E-state index in [2.05, 4.69) is 10.6 Å². The van der Waals surface area contributed by atoms with E-state index in [0.29, 0.717) is 40.2 Å². The smallest absolute Gasteiger partial charge is 0.315 e. The van der Waals surface area contributed by atoms with E-state index in [-0.39, 0.29) is 18.5 Å². The molecular weight excluding hydrogens is 497 g/mol. The molecule has 0 unspecified atom stereocenters. The van der Waals surface area contributed by atoms with Crippen molar-refractivity contribution in [2.45, 2.75) is 13.3 Å². The van der Waals surface area contributed by atoms with Crippen LogP contribution in [-0.2, 0) is 4.79 Å². The summed E-state index contributed by atoms with van der Waals surface area (Å²) in [6, 6.07) is 25.1. The Hall–Kier alpha value is -3.81. The summed E-state index contributed by atoms with van der Waals surface area (Å²) < 4.78 is 1.65. The Bertz CT molecular complexity index is 1320. The molecule has 0 saturated heterocycles. The van der Waals surface area contributed by atoms with Crippen LogP contribution in [0.2, 0.25) is 10.0 Å². The summed E-state index contributed by atoms with van der Waals surface area (Å²) >= 11 is 12.0. The number of anilines is 2. The van der Waals surface area contributed by atoms with Crippen LogP contribution in [0.3, 0.4) is 0 Å². The Labute approximate surface area is 219 Å². The predicted octanol–water partition coefficient (Wildman–Crippen LogP) is 6.73. The van der Waals surface area contributed by atoms with Gasteiger partial charge >= 0.3 is 6.03 Å². The van der Waals surface area contributed by atoms with Crippen molar-refractivity contribution in [2.75, 3.05) is 23.7 Å². The molecule has 4 aromatic rings. The molecule has 0 radical (unpaired) electrons. The number of carbonyl (C=O) groups is 2. The lowest BCUT2D eigenvalue weighted by Gasteiger charge is -2.22. The van der Waals surface area contributed by atoms with Crippen LogP contribution in [0.25, 0.3) is 16.9 Å². The first kappa shape index (κ1) is 25.3. The third kappa shape index (κ3) is 6.44. The molecule has 0 saturated carbocycles. The molecule has 0 spiro atoms. The fourth-order valence-corrected chi connectivity index (χ4v) is 3.87. The molecule has 0 atom stereocenters. The molecule has 1 heterocycles. The van der Waals surface area contributed by atoms with Gasteiger partial charge in [0.15, 0.2) is 0 Å². The van der Waals surface area contributed by atoms with Gasteiger partial charge < -0.3 is 15.5 Å². The number of hydrogen-bond donors (Lipinski definition) is 2. The summed E-state index contributed by atoms with van der Waals surface area (Å²) in [6.07, 6.45) is 0.697. The maximum atomic E-state index is 13.1. The highest BCUT2D eigenvalue weighted by Crippen LogP contribution is 2.25. The quantitative estimate of drug-likeness (QED) is 0.269. The van der Waals surface area contributed by atoms with Crippen LogP contribution in [0.5, 0.6) is 0 Å². The first-order valence-corrected chi connectivity index (χ1v) is 12.2. The molecule has 1 aromatic heterocycles. The molecule has 0 aliphatic carbocycles. The third-order valence-corrected chi connectivity index (χ3v) is 5.83. The highest BCUT2D eigenvalue weighted by Gasteiger charge is 2.19. The number of urea groups is 1. The second kappa shape index (κ2) is 11.7. The minimum absolute atomic E-state index is 0.125. The Morgan fingerprint density at radius 3 is 2.17 bits per heavy atom. The van der Waals surface area contributed by atoms with Crippen LogP contribution >= 0.6 is 23.2 Å². The van der Waals surface area contributed by atoms with Crippen molar-refractivity contribution >= 4 is 46.6 Å². The highest BCUT2D eigenvalue weighted by molar-refractivity contribution is 6.30. The molecule has 0 bridgehead atoms. The van der Waals surface area contributed by atoms with Gasteiger partial charge in [0, 0.05) is 33.9 Å².